The van der Waals surface area contributed by atoms with Crippen LogP contribution in [0.25, 0.3) is 0 Å². The first-order valence-corrected chi connectivity index (χ1v) is 8.09. The first-order valence-electron chi connectivity index (χ1n) is 8.09. The number of hydrogen-bond acceptors (Lipinski definition) is 5. The van der Waals surface area contributed by atoms with Gasteiger partial charge in [-0.2, -0.15) is 15.3 Å². The van der Waals surface area contributed by atoms with Gasteiger partial charge in [0.15, 0.2) is 5.84 Å². The number of rotatable bonds is 2. The predicted octanol–water partition coefficient (Wildman–Crippen LogP) is 2.91. The summed E-state index contributed by atoms with van der Waals surface area (Å²) in [6, 6.07) is 19.0. The second kappa shape index (κ2) is 6.60. The number of hydrogen-bond donors (Lipinski definition) is 1. The molecule has 2 aromatic rings. The number of amides is 1. The van der Waals surface area contributed by atoms with Gasteiger partial charge in [0.1, 0.15) is 0 Å². The van der Waals surface area contributed by atoms with E-state index in [4.69, 9.17) is 0 Å². The summed E-state index contributed by atoms with van der Waals surface area (Å²) < 4.78 is 0. The lowest BCUT2D eigenvalue weighted by atomic mass is 10.0. The number of allylic oxidation sites excluding steroid dienone is 1. The molecular formula is C19H17N5O. The van der Waals surface area contributed by atoms with E-state index in [0.717, 1.165) is 5.56 Å². The van der Waals surface area contributed by atoms with E-state index in [1.54, 1.807) is 40.8 Å². The molecule has 0 saturated carbocycles. The van der Waals surface area contributed by atoms with Crippen molar-refractivity contribution >= 4 is 18.0 Å². The zero-order chi connectivity index (χ0) is 17.1. The van der Waals surface area contributed by atoms with Gasteiger partial charge in [0.25, 0.3) is 5.91 Å². The van der Waals surface area contributed by atoms with Gasteiger partial charge in [-0.15, -0.1) is 0 Å². The molecule has 1 unspecified atom stereocenters. The lowest BCUT2D eigenvalue weighted by Gasteiger charge is -2.22. The minimum Gasteiger partial charge on any atom is -0.284 e. The summed E-state index contributed by atoms with van der Waals surface area (Å²) in [5.74, 6) is 0.569. The average Bonchev–Trinajstić information content (AvgIpc) is 3.15. The maximum Gasteiger partial charge on any atom is 0.274 e. The molecule has 2 aliphatic rings. The Kier molecular flexibility index (Phi) is 4.00. The van der Waals surface area contributed by atoms with Crippen LogP contribution in [0.15, 0.2) is 83.1 Å². The van der Waals surface area contributed by atoms with Crippen LogP contribution < -0.4 is 5.43 Å². The molecule has 1 atom stereocenters. The van der Waals surface area contributed by atoms with Crippen LogP contribution in [0.5, 0.6) is 0 Å². The second-order valence-electron chi connectivity index (χ2n) is 5.73. The molecule has 0 aliphatic carbocycles. The third-order valence-electron chi connectivity index (χ3n) is 4.11. The highest BCUT2D eigenvalue weighted by atomic mass is 16.2. The normalized spacial score (nSPS) is 18.9. The van der Waals surface area contributed by atoms with Crippen LogP contribution in [-0.2, 0) is 0 Å². The Hall–Kier alpha value is -3.41. The molecule has 6 nitrogen and oxygen atoms in total. The van der Waals surface area contributed by atoms with Crippen LogP contribution in [0.2, 0.25) is 0 Å². The largest absolute Gasteiger partial charge is 0.284 e. The fourth-order valence-electron chi connectivity index (χ4n) is 2.89. The van der Waals surface area contributed by atoms with Crippen LogP contribution >= 0.6 is 0 Å². The van der Waals surface area contributed by atoms with Gasteiger partial charge in [-0.25, -0.2) is 5.01 Å². The maximum atomic E-state index is 13.0. The molecule has 0 bridgehead atoms. The number of hydrazine groups is 1. The number of benzene rings is 2. The van der Waals surface area contributed by atoms with E-state index in [0.29, 0.717) is 17.8 Å². The monoisotopic (exact) mass is 331 g/mol. The minimum absolute atomic E-state index is 0.124. The van der Waals surface area contributed by atoms with Crippen molar-refractivity contribution in [2.75, 3.05) is 0 Å². The highest BCUT2D eigenvalue weighted by molar-refractivity contribution is 5.97. The molecule has 0 radical (unpaired) electrons. The van der Waals surface area contributed by atoms with Gasteiger partial charge in [0.05, 0.1) is 12.3 Å². The fourth-order valence-corrected chi connectivity index (χ4v) is 2.89. The molecule has 2 heterocycles. The highest BCUT2D eigenvalue weighted by Gasteiger charge is 2.35. The van der Waals surface area contributed by atoms with Crippen molar-refractivity contribution in [3.63, 3.8) is 0 Å². The number of nitrogens with zero attached hydrogens (tertiary/aromatic N) is 4. The summed E-state index contributed by atoms with van der Waals surface area (Å²) in [6.45, 7) is 0. The summed E-state index contributed by atoms with van der Waals surface area (Å²) >= 11 is 0. The van der Waals surface area contributed by atoms with E-state index in [-0.39, 0.29) is 11.9 Å². The van der Waals surface area contributed by atoms with Crippen molar-refractivity contribution in [3.05, 3.63) is 84.1 Å². The molecule has 124 valence electrons. The quantitative estimate of drug-likeness (QED) is 0.920. The minimum atomic E-state index is -0.160. The lowest BCUT2D eigenvalue weighted by Crippen LogP contribution is -2.36. The van der Waals surface area contributed by atoms with Gasteiger partial charge in [0, 0.05) is 18.2 Å². The van der Waals surface area contributed by atoms with E-state index in [9.17, 15) is 4.79 Å². The van der Waals surface area contributed by atoms with Gasteiger partial charge in [-0.1, -0.05) is 48.5 Å². The number of nitrogens with one attached hydrogen (secondary N) is 1. The van der Waals surface area contributed by atoms with Crippen LogP contribution in [-0.4, -0.2) is 28.1 Å². The Labute approximate surface area is 145 Å². The predicted molar refractivity (Wildman–Crippen MR) is 96.5 cm³/mol. The second-order valence-corrected chi connectivity index (χ2v) is 5.73. The maximum absolute atomic E-state index is 13.0. The Morgan fingerprint density at radius 3 is 2.44 bits per heavy atom. The third kappa shape index (κ3) is 3.01. The Morgan fingerprint density at radius 2 is 1.76 bits per heavy atom. The van der Waals surface area contributed by atoms with Crippen LogP contribution in [0.1, 0.15) is 28.4 Å². The standard InChI is InChI=1S/C19H17N5O/c25-19(16-10-5-2-6-11-16)23-17(15-8-3-1-4-9-15)14-18(22-23)24-20-12-7-13-21-24/h1-13,17,20H,14H2. The van der Waals surface area contributed by atoms with Crippen molar-refractivity contribution in [1.82, 2.24) is 15.6 Å². The molecular weight excluding hydrogens is 314 g/mol. The smallest absolute Gasteiger partial charge is 0.274 e. The number of amidine groups is 1. The molecule has 0 spiro atoms. The molecule has 0 fully saturated rings. The first-order chi connectivity index (χ1) is 12.3. The molecule has 25 heavy (non-hydrogen) atoms. The van der Waals surface area contributed by atoms with Gasteiger partial charge in [-0.05, 0) is 23.8 Å². The highest BCUT2D eigenvalue weighted by Crippen LogP contribution is 2.32. The van der Waals surface area contributed by atoms with Gasteiger partial charge in [0.2, 0.25) is 0 Å². The molecule has 4 rings (SSSR count). The van der Waals surface area contributed by atoms with Crippen molar-refractivity contribution in [2.24, 2.45) is 10.2 Å². The van der Waals surface area contributed by atoms with Crippen molar-refractivity contribution in [3.8, 4) is 0 Å². The Bertz CT molecular complexity index is 845. The van der Waals surface area contributed by atoms with Gasteiger partial charge >= 0.3 is 0 Å². The summed E-state index contributed by atoms with van der Waals surface area (Å²) in [5.41, 5.74) is 4.68. The zero-order valence-corrected chi connectivity index (χ0v) is 13.5. The van der Waals surface area contributed by atoms with Crippen LogP contribution in [0, 0.1) is 0 Å². The van der Waals surface area contributed by atoms with Gasteiger partial charge in [-0.3, -0.25) is 10.2 Å². The fraction of sp³-hybridized carbons (Fsp3) is 0.105. The SMILES string of the molecule is O=C(c1ccccc1)N1N=C(N2N=CC=CN2)CC1c1ccccc1. The molecule has 6 heteroatoms. The van der Waals surface area contributed by atoms with Gasteiger partial charge < -0.3 is 0 Å². The molecule has 0 saturated heterocycles. The van der Waals surface area contributed by atoms with Crippen molar-refractivity contribution in [1.29, 1.82) is 0 Å². The average molecular weight is 331 g/mol. The van der Waals surface area contributed by atoms with Crippen LogP contribution in [0.3, 0.4) is 0 Å². The lowest BCUT2D eigenvalue weighted by molar-refractivity contribution is 0.0711. The Balaban J connectivity index is 1.68. The van der Waals surface area contributed by atoms with E-state index in [1.165, 1.54) is 0 Å². The Morgan fingerprint density at radius 1 is 1.04 bits per heavy atom. The third-order valence-corrected chi connectivity index (χ3v) is 4.11. The summed E-state index contributed by atoms with van der Waals surface area (Å²) in [7, 11) is 0. The summed E-state index contributed by atoms with van der Waals surface area (Å²) in [6.07, 6.45) is 5.83. The molecule has 2 aromatic carbocycles. The van der Waals surface area contributed by atoms with E-state index < -0.39 is 0 Å². The first kappa shape index (κ1) is 15.1. The molecule has 0 aromatic heterocycles. The van der Waals surface area contributed by atoms with Crippen LogP contribution in [0.4, 0.5) is 0 Å². The summed E-state index contributed by atoms with van der Waals surface area (Å²) in [5, 5.41) is 12.0. The van der Waals surface area contributed by atoms with E-state index in [2.05, 4.69) is 15.6 Å². The molecule has 1 N–H and O–H groups in total. The van der Waals surface area contributed by atoms with E-state index >= 15 is 0 Å². The number of carbonyl (C=O) groups excluding carboxylic acids is 1. The van der Waals surface area contributed by atoms with Crippen molar-refractivity contribution < 1.29 is 4.79 Å². The van der Waals surface area contributed by atoms with Crippen molar-refractivity contribution in [2.45, 2.75) is 12.5 Å². The molecule has 2 aliphatic heterocycles. The number of carbonyl (C=O) groups is 1. The zero-order valence-electron chi connectivity index (χ0n) is 13.5. The summed E-state index contributed by atoms with van der Waals surface area (Å²) in [4.78, 5) is 13.0. The topological polar surface area (TPSA) is 60.3 Å². The number of hydrazone groups is 2. The van der Waals surface area contributed by atoms with E-state index in [1.807, 2.05) is 48.5 Å². The molecule has 1 amide bonds.